The van der Waals surface area contributed by atoms with E-state index in [9.17, 15) is 9.18 Å². The molecule has 0 aliphatic carbocycles. The molecule has 3 aromatic rings. The van der Waals surface area contributed by atoms with Gasteiger partial charge in [-0.2, -0.15) is 5.10 Å². The summed E-state index contributed by atoms with van der Waals surface area (Å²) >= 11 is 0. The van der Waals surface area contributed by atoms with E-state index in [0.29, 0.717) is 12.1 Å². The second kappa shape index (κ2) is 7.31. The summed E-state index contributed by atoms with van der Waals surface area (Å²) in [5.74, 6) is -0.0690. The van der Waals surface area contributed by atoms with Gasteiger partial charge in [0.15, 0.2) is 0 Å². The first-order valence-corrected chi connectivity index (χ1v) is 9.12. The summed E-state index contributed by atoms with van der Waals surface area (Å²) in [6.45, 7) is 3.30. The van der Waals surface area contributed by atoms with Crippen LogP contribution in [0, 0.1) is 12.7 Å². The fourth-order valence-corrected chi connectivity index (χ4v) is 3.72. The fraction of sp³-hybridized carbons (Fsp3) is 0.286. The summed E-state index contributed by atoms with van der Waals surface area (Å²) in [5.41, 5.74) is 4.48. The van der Waals surface area contributed by atoms with Gasteiger partial charge < -0.3 is 4.90 Å². The molecule has 5 nitrogen and oxygen atoms in total. The van der Waals surface area contributed by atoms with Crippen molar-refractivity contribution in [1.82, 2.24) is 20.1 Å². The van der Waals surface area contributed by atoms with E-state index in [1.165, 1.54) is 12.1 Å². The van der Waals surface area contributed by atoms with Gasteiger partial charge in [-0.1, -0.05) is 12.1 Å². The van der Waals surface area contributed by atoms with Crippen LogP contribution in [-0.4, -0.2) is 39.1 Å². The Morgan fingerprint density at radius 2 is 2.04 bits per heavy atom. The van der Waals surface area contributed by atoms with Gasteiger partial charge in [-0.05, 0) is 49.1 Å². The molecule has 1 unspecified atom stereocenters. The number of hydrogen-bond acceptors (Lipinski definition) is 3. The van der Waals surface area contributed by atoms with Crippen LogP contribution in [-0.2, 0) is 0 Å². The van der Waals surface area contributed by atoms with Crippen molar-refractivity contribution in [1.29, 1.82) is 0 Å². The smallest absolute Gasteiger partial charge is 0.255 e. The molecule has 4 rings (SSSR count). The van der Waals surface area contributed by atoms with Crippen LogP contribution in [0.15, 0.2) is 48.9 Å². The van der Waals surface area contributed by atoms with Gasteiger partial charge in [0.05, 0.1) is 11.8 Å². The summed E-state index contributed by atoms with van der Waals surface area (Å²) in [6, 6.07) is 8.28. The highest BCUT2D eigenvalue weighted by atomic mass is 19.1. The number of amides is 1. The average Bonchev–Trinajstić information content (AvgIpc) is 3.18. The van der Waals surface area contributed by atoms with Gasteiger partial charge in [-0.3, -0.25) is 14.9 Å². The van der Waals surface area contributed by atoms with Crippen LogP contribution in [0.3, 0.4) is 0 Å². The molecule has 1 saturated heterocycles. The molecule has 138 valence electrons. The predicted octanol–water partition coefficient (Wildman–Crippen LogP) is 3.94. The van der Waals surface area contributed by atoms with E-state index in [2.05, 4.69) is 15.2 Å². The molecular weight excluding hydrogens is 343 g/mol. The van der Waals surface area contributed by atoms with Gasteiger partial charge in [-0.25, -0.2) is 4.39 Å². The normalized spacial score (nSPS) is 17.1. The Hall–Kier alpha value is -3.02. The molecule has 2 aromatic heterocycles. The van der Waals surface area contributed by atoms with Crippen LogP contribution in [0.1, 0.15) is 40.4 Å². The molecular formula is C21H21FN4O. The minimum Gasteiger partial charge on any atom is -0.338 e. The largest absolute Gasteiger partial charge is 0.338 e. The predicted molar refractivity (Wildman–Crippen MR) is 101 cm³/mol. The number of piperidine rings is 1. The molecule has 3 heterocycles. The number of aromatic nitrogens is 3. The number of carbonyl (C=O) groups excluding carboxylic acids is 1. The highest BCUT2D eigenvalue weighted by Crippen LogP contribution is 2.33. The van der Waals surface area contributed by atoms with E-state index in [1.807, 2.05) is 17.9 Å². The van der Waals surface area contributed by atoms with Gasteiger partial charge in [0, 0.05) is 42.7 Å². The first-order chi connectivity index (χ1) is 13.1. The van der Waals surface area contributed by atoms with E-state index in [4.69, 9.17) is 0 Å². The lowest BCUT2D eigenvalue weighted by Crippen LogP contribution is -2.39. The molecule has 0 saturated carbocycles. The molecule has 6 heteroatoms. The molecule has 1 atom stereocenters. The molecule has 27 heavy (non-hydrogen) atoms. The van der Waals surface area contributed by atoms with Crippen molar-refractivity contribution in [2.75, 3.05) is 13.1 Å². The van der Waals surface area contributed by atoms with Crippen molar-refractivity contribution in [3.8, 4) is 11.1 Å². The Morgan fingerprint density at radius 3 is 2.81 bits per heavy atom. The van der Waals surface area contributed by atoms with Crippen molar-refractivity contribution in [3.05, 3.63) is 71.6 Å². The van der Waals surface area contributed by atoms with E-state index in [0.717, 1.165) is 41.8 Å². The Morgan fingerprint density at radius 1 is 1.22 bits per heavy atom. The SMILES string of the molecule is Cc1ccncc1C(=O)N1CCCC(c2[nH]ncc2-c2ccc(F)cc2)C1. The number of H-pyrrole nitrogens is 1. The third kappa shape index (κ3) is 3.47. The van der Waals surface area contributed by atoms with Crippen LogP contribution in [0.25, 0.3) is 11.1 Å². The van der Waals surface area contributed by atoms with E-state index in [1.54, 1.807) is 30.7 Å². The van der Waals surface area contributed by atoms with Gasteiger partial charge in [0.1, 0.15) is 5.82 Å². The summed E-state index contributed by atoms with van der Waals surface area (Å²) in [6.07, 6.45) is 7.02. The Bertz CT molecular complexity index is 951. The number of aryl methyl sites for hydroxylation is 1. The lowest BCUT2D eigenvalue weighted by molar-refractivity contribution is 0.0705. The summed E-state index contributed by atoms with van der Waals surface area (Å²) in [7, 11) is 0. The number of rotatable bonds is 3. The minimum atomic E-state index is -0.259. The number of nitrogens with one attached hydrogen (secondary N) is 1. The number of carbonyl (C=O) groups is 1. The van der Waals surface area contributed by atoms with Crippen molar-refractivity contribution in [3.63, 3.8) is 0 Å². The molecule has 0 bridgehead atoms. The Balaban J connectivity index is 1.58. The third-order valence-electron chi connectivity index (χ3n) is 5.21. The molecule has 1 aliphatic rings. The maximum atomic E-state index is 13.2. The van der Waals surface area contributed by atoms with Crippen LogP contribution in [0.4, 0.5) is 4.39 Å². The average molecular weight is 364 g/mol. The van der Waals surface area contributed by atoms with E-state index in [-0.39, 0.29) is 17.6 Å². The van der Waals surface area contributed by atoms with Crippen LogP contribution < -0.4 is 0 Å². The topological polar surface area (TPSA) is 61.9 Å². The first-order valence-electron chi connectivity index (χ1n) is 9.12. The van der Waals surface area contributed by atoms with Crippen molar-refractivity contribution < 1.29 is 9.18 Å². The lowest BCUT2D eigenvalue weighted by Gasteiger charge is -2.33. The third-order valence-corrected chi connectivity index (χ3v) is 5.21. The molecule has 1 aromatic carbocycles. The Kier molecular flexibility index (Phi) is 4.71. The summed E-state index contributed by atoms with van der Waals surface area (Å²) < 4.78 is 13.2. The summed E-state index contributed by atoms with van der Waals surface area (Å²) in [4.78, 5) is 18.9. The number of likely N-dealkylation sites (tertiary alicyclic amines) is 1. The highest BCUT2D eigenvalue weighted by molar-refractivity contribution is 5.95. The monoisotopic (exact) mass is 364 g/mol. The molecule has 1 aliphatic heterocycles. The summed E-state index contributed by atoms with van der Waals surface area (Å²) in [5, 5.41) is 7.31. The first kappa shape index (κ1) is 17.4. The number of halogens is 1. The molecule has 0 radical (unpaired) electrons. The number of pyridine rings is 1. The molecule has 1 N–H and O–H groups in total. The molecule has 1 amide bonds. The quantitative estimate of drug-likeness (QED) is 0.766. The second-order valence-electron chi connectivity index (χ2n) is 6.99. The maximum Gasteiger partial charge on any atom is 0.255 e. The van der Waals surface area contributed by atoms with Crippen LogP contribution in [0.5, 0.6) is 0 Å². The van der Waals surface area contributed by atoms with Crippen molar-refractivity contribution >= 4 is 5.91 Å². The zero-order chi connectivity index (χ0) is 18.8. The number of nitrogens with zero attached hydrogens (tertiary/aromatic N) is 3. The van der Waals surface area contributed by atoms with Crippen LogP contribution in [0.2, 0.25) is 0 Å². The lowest BCUT2D eigenvalue weighted by atomic mass is 9.90. The van der Waals surface area contributed by atoms with Gasteiger partial charge in [0.2, 0.25) is 0 Å². The molecule has 0 spiro atoms. The van der Waals surface area contributed by atoms with Crippen molar-refractivity contribution in [2.45, 2.75) is 25.7 Å². The molecule has 1 fully saturated rings. The van der Waals surface area contributed by atoms with E-state index >= 15 is 0 Å². The number of aromatic amines is 1. The zero-order valence-electron chi connectivity index (χ0n) is 15.2. The van der Waals surface area contributed by atoms with Gasteiger partial charge in [-0.15, -0.1) is 0 Å². The standard InChI is InChI=1S/C21H21FN4O/c1-14-8-9-23-11-18(14)21(27)26-10-2-3-16(13-26)20-19(12-24-25-20)15-4-6-17(22)7-5-15/h4-9,11-12,16H,2-3,10,13H2,1H3,(H,24,25). The second-order valence-corrected chi connectivity index (χ2v) is 6.99. The fourth-order valence-electron chi connectivity index (χ4n) is 3.72. The van der Waals surface area contributed by atoms with E-state index < -0.39 is 0 Å². The number of hydrogen-bond donors (Lipinski definition) is 1. The van der Waals surface area contributed by atoms with Gasteiger partial charge >= 0.3 is 0 Å². The van der Waals surface area contributed by atoms with Crippen LogP contribution >= 0.6 is 0 Å². The number of benzene rings is 1. The van der Waals surface area contributed by atoms with Gasteiger partial charge in [0.25, 0.3) is 5.91 Å². The zero-order valence-corrected chi connectivity index (χ0v) is 15.2. The minimum absolute atomic E-state index is 0.0214. The highest BCUT2D eigenvalue weighted by Gasteiger charge is 2.28. The Labute approximate surface area is 157 Å². The van der Waals surface area contributed by atoms with Crippen molar-refractivity contribution in [2.24, 2.45) is 0 Å². The maximum absolute atomic E-state index is 13.2.